The molecule has 0 heterocycles. The van der Waals surface area contributed by atoms with Crippen molar-refractivity contribution >= 4 is 0 Å². The molecule has 1 atom stereocenters. The largest absolute Gasteiger partial charge is 0.314 e. The lowest BCUT2D eigenvalue weighted by Gasteiger charge is -2.19. The molecule has 15 heavy (non-hydrogen) atoms. The van der Waals surface area contributed by atoms with Crippen LogP contribution in [0, 0.1) is 18.3 Å². The summed E-state index contributed by atoms with van der Waals surface area (Å²) in [6, 6.07) is 0.681. The Bertz CT molecular complexity index is 167. The van der Waals surface area contributed by atoms with Gasteiger partial charge in [0.15, 0.2) is 0 Å². The second-order valence-electron chi connectivity index (χ2n) is 4.72. The van der Waals surface area contributed by atoms with E-state index in [2.05, 4.69) is 32.0 Å². The summed E-state index contributed by atoms with van der Waals surface area (Å²) in [5, 5.41) is 3.62. The van der Waals surface area contributed by atoms with E-state index in [9.17, 15) is 0 Å². The van der Waals surface area contributed by atoms with Gasteiger partial charge >= 0.3 is 0 Å². The Hall–Kier alpha value is -0.480. The molecule has 1 heteroatoms. The number of nitrogens with one attached hydrogen (secondary N) is 1. The quantitative estimate of drug-likeness (QED) is 0.452. The standard InChI is InChI=1S/C14H27N/c1-5-7-8-9-14(15-12-6-2)11-10-13(3)4/h1,13-15H,6-12H2,2-4H3. The predicted octanol–water partition coefficient (Wildman–Crippen LogP) is 3.59. The highest BCUT2D eigenvalue weighted by Gasteiger charge is 2.07. The smallest absolute Gasteiger partial charge is 0.00866 e. The first kappa shape index (κ1) is 14.5. The van der Waals surface area contributed by atoms with E-state index in [0.717, 1.165) is 25.3 Å². The van der Waals surface area contributed by atoms with Crippen molar-refractivity contribution in [3.8, 4) is 12.3 Å². The predicted molar refractivity (Wildman–Crippen MR) is 68.8 cm³/mol. The van der Waals surface area contributed by atoms with Crippen LogP contribution in [0.3, 0.4) is 0 Å². The minimum atomic E-state index is 0.681. The molecular weight excluding hydrogens is 182 g/mol. The molecule has 88 valence electrons. The first-order valence-corrected chi connectivity index (χ1v) is 6.37. The van der Waals surface area contributed by atoms with E-state index in [0.29, 0.717) is 6.04 Å². The SMILES string of the molecule is C#CCCCC(CCC(C)C)NCCC. The molecule has 0 rings (SSSR count). The van der Waals surface area contributed by atoms with E-state index >= 15 is 0 Å². The van der Waals surface area contributed by atoms with Crippen molar-refractivity contribution in [2.45, 2.75) is 65.3 Å². The molecule has 0 amide bonds. The van der Waals surface area contributed by atoms with Crippen molar-refractivity contribution in [3.63, 3.8) is 0 Å². The van der Waals surface area contributed by atoms with Gasteiger partial charge in [-0.1, -0.05) is 20.8 Å². The average Bonchev–Trinajstić information content (AvgIpc) is 2.21. The number of hydrogen-bond donors (Lipinski definition) is 1. The van der Waals surface area contributed by atoms with Crippen LogP contribution in [-0.2, 0) is 0 Å². The molecule has 0 bridgehead atoms. The molecule has 0 saturated heterocycles. The average molecular weight is 209 g/mol. The maximum atomic E-state index is 5.27. The van der Waals surface area contributed by atoms with Crippen LogP contribution < -0.4 is 5.32 Å². The fourth-order valence-corrected chi connectivity index (χ4v) is 1.68. The third kappa shape index (κ3) is 9.82. The molecule has 0 aliphatic carbocycles. The van der Waals surface area contributed by atoms with Gasteiger partial charge < -0.3 is 5.32 Å². The van der Waals surface area contributed by atoms with Gasteiger partial charge in [0.1, 0.15) is 0 Å². The summed E-state index contributed by atoms with van der Waals surface area (Å²) < 4.78 is 0. The van der Waals surface area contributed by atoms with Crippen LogP contribution in [0.25, 0.3) is 0 Å². The third-order valence-electron chi connectivity index (χ3n) is 2.65. The van der Waals surface area contributed by atoms with Gasteiger partial charge in [0.25, 0.3) is 0 Å². The van der Waals surface area contributed by atoms with Gasteiger partial charge in [0.2, 0.25) is 0 Å². The van der Waals surface area contributed by atoms with Crippen molar-refractivity contribution in [3.05, 3.63) is 0 Å². The Morgan fingerprint density at radius 3 is 2.47 bits per heavy atom. The Labute approximate surface area is 96.0 Å². The molecular formula is C14H27N. The molecule has 0 fully saturated rings. The Morgan fingerprint density at radius 2 is 1.93 bits per heavy atom. The molecule has 1 unspecified atom stereocenters. The molecule has 1 N–H and O–H groups in total. The number of hydrogen-bond acceptors (Lipinski definition) is 1. The third-order valence-corrected chi connectivity index (χ3v) is 2.65. The number of rotatable bonds is 9. The molecule has 0 aliphatic heterocycles. The first-order chi connectivity index (χ1) is 7.20. The van der Waals surface area contributed by atoms with Crippen LogP contribution in [0.15, 0.2) is 0 Å². The van der Waals surface area contributed by atoms with Crippen LogP contribution in [0.4, 0.5) is 0 Å². The Kier molecular flexibility index (Phi) is 9.73. The molecule has 0 aromatic rings. The van der Waals surface area contributed by atoms with E-state index in [1.807, 2.05) is 0 Å². The van der Waals surface area contributed by atoms with Gasteiger partial charge in [-0.15, -0.1) is 12.3 Å². The molecule has 0 aromatic heterocycles. The lowest BCUT2D eigenvalue weighted by Crippen LogP contribution is -2.30. The Morgan fingerprint density at radius 1 is 1.20 bits per heavy atom. The van der Waals surface area contributed by atoms with Crippen molar-refractivity contribution in [2.75, 3.05) is 6.54 Å². The fourth-order valence-electron chi connectivity index (χ4n) is 1.68. The minimum absolute atomic E-state index is 0.681. The molecule has 0 spiro atoms. The van der Waals surface area contributed by atoms with E-state index in [4.69, 9.17) is 6.42 Å². The van der Waals surface area contributed by atoms with Gasteiger partial charge in [0.05, 0.1) is 0 Å². The zero-order chi connectivity index (χ0) is 11.5. The molecule has 1 nitrogen and oxygen atoms in total. The van der Waals surface area contributed by atoms with Gasteiger partial charge in [-0.05, 0) is 44.6 Å². The van der Waals surface area contributed by atoms with E-state index in [1.54, 1.807) is 0 Å². The highest BCUT2D eigenvalue weighted by atomic mass is 14.9. The highest BCUT2D eigenvalue weighted by Crippen LogP contribution is 2.11. The zero-order valence-electron chi connectivity index (χ0n) is 10.7. The van der Waals surface area contributed by atoms with Crippen LogP contribution in [0.1, 0.15) is 59.3 Å². The van der Waals surface area contributed by atoms with Gasteiger partial charge in [0, 0.05) is 12.5 Å². The van der Waals surface area contributed by atoms with E-state index < -0.39 is 0 Å². The molecule has 0 aliphatic rings. The lowest BCUT2D eigenvalue weighted by molar-refractivity contribution is 0.404. The van der Waals surface area contributed by atoms with Crippen molar-refractivity contribution in [1.82, 2.24) is 5.32 Å². The van der Waals surface area contributed by atoms with E-state index in [-0.39, 0.29) is 0 Å². The van der Waals surface area contributed by atoms with Crippen LogP contribution >= 0.6 is 0 Å². The minimum Gasteiger partial charge on any atom is -0.314 e. The summed E-state index contributed by atoms with van der Waals surface area (Å²) in [5.74, 6) is 3.53. The number of unbranched alkanes of at least 4 members (excludes halogenated alkanes) is 1. The molecule has 0 radical (unpaired) electrons. The Balaban J connectivity index is 3.68. The highest BCUT2D eigenvalue weighted by molar-refractivity contribution is 4.83. The normalized spacial score (nSPS) is 12.7. The summed E-state index contributed by atoms with van der Waals surface area (Å²) in [7, 11) is 0. The van der Waals surface area contributed by atoms with Gasteiger partial charge in [-0.3, -0.25) is 0 Å². The summed E-state index contributed by atoms with van der Waals surface area (Å²) in [4.78, 5) is 0. The summed E-state index contributed by atoms with van der Waals surface area (Å²) in [6.45, 7) is 7.93. The first-order valence-electron chi connectivity index (χ1n) is 6.37. The second kappa shape index (κ2) is 10.1. The summed E-state index contributed by atoms with van der Waals surface area (Å²) >= 11 is 0. The molecule has 0 saturated carbocycles. The van der Waals surface area contributed by atoms with Crippen molar-refractivity contribution in [2.24, 2.45) is 5.92 Å². The summed E-state index contributed by atoms with van der Waals surface area (Å²) in [5.41, 5.74) is 0. The second-order valence-corrected chi connectivity index (χ2v) is 4.72. The maximum Gasteiger partial charge on any atom is 0.00866 e. The van der Waals surface area contributed by atoms with Crippen LogP contribution in [0.5, 0.6) is 0 Å². The monoisotopic (exact) mass is 209 g/mol. The van der Waals surface area contributed by atoms with Crippen LogP contribution in [0.2, 0.25) is 0 Å². The lowest BCUT2D eigenvalue weighted by atomic mass is 9.99. The number of terminal acetylenes is 1. The van der Waals surface area contributed by atoms with E-state index in [1.165, 1.54) is 25.7 Å². The summed E-state index contributed by atoms with van der Waals surface area (Å²) in [6.07, 6.45) is 12.4. The topological polar surface area (TPSA) is 12.0 Å². The molecule has 0 aromatic carbocycles. The van der Waals surface area contributed by atoms with Crippen molar-refractivity contribution < 1.29 is 0 Å². The van der Waals surface area contributed by atoms with Gasteiger partial charge in [-0.2, -0.15) is 0 Å². The van der Waals surface area contributed by atoms with Gasteiger partial charge in [-0.25, -0.2) is 0 Å². The zero-order valence-corrected chi connectivity index (χ0v) is 10.7. The maximum absolute atomic E-state index is 5.27. The van der Waals surface area contributed by atoms with Crippen molar-refractivity contribution in [1.29, 1.82) is 0 Å². The fraction of sp³-hybridized carbons (Fsp3) is 0.857. The van der Waals surface area contributed by atoms with Crippen LogP contribution in [-0.4, -0.2) is 12.6 Å².